The van der Waals surface area contributed by atoms with Crippen molar-refractivity contribution in [1.29, 1.82) is 0 Å². The lowest BCUT2D eigenvalue weighted by Gasteiger charge is -2.32. The van der Waals surface area contributed by atoms with Crippen LogP contribution in [-0.2, 0) is 10.9 Å². The molecule has 0 N–H and O–H groups in total. The molecule has 4 nitrogen and oxygen atoms in total. The fourth-order valence-electron chi connectivity index (χ4n) is 2.33. The molecule has 8 heteroatoms. The molecule has 0 amide bonds. The highest BCUT2D eigenvalue weighted by atomic mass is 32.1. The van der Waals surface area contributed by atoms with E-state index in [4.69, 9.17) is 4.74 Å². The number of hydrogen-bond donors (Lipinski definition) is 0. The van der Waals surface area contributed by atoms with Crippen LogP contribution < -0.4 is 4.90 Å². The normalized spacial score (nSPS) is 19.5. The van der Waals surface area contributed by atoms with Gasteiger partial charge in [0.15, 0.2) is 0 Å². The predicted octanol–water partition coefficient (Wildman–Crippen LogP) is 3.44. The summed E-state index contributed by atoms with van der Waals surface area (Å²) in [6, 6.07) is 5.13. The summed E-state index contributed by atoms with van der Waals surface area (Å²) in [4.78, 5) is 6.39. The van der Waals surface area contributed by atoms with Crippen molar-refractivity contribution in [3.05, 3.63) is 41.2 Å². The maximum absolute atomic E-state index is 12.6. The predicted molar refractivity (Wildman–Crippen MR) is 77.0 cm³/mol. The number of rotatable bonds is 2. The zero-order valence-corrected chi connectivity index (χ0v) is 12.6. The lowest BCUT2D eigenvalue weighted by atomic mass is 10.1. The number of ether oxygens (including phenoxy) is 1. The molecule has 1 atom stereocenters. The molecule has 0 spiro atoms. The summed E-state index contributed by atoms with van der Waals surface area (Å²) in [5, 5.41) is 0.817. The van der Waals surface area contributed by atoms with E-state index < -0.39 is 11.7 Å². The third-order valence-corrected chi connectivity index (χ3v) is 4.33. The molecule has 1 aliphatic heterocycles. The van der Waals surface area contributed by atoms with Crippen molar-refractivity contribution >= 4 is 16.7 Å². The van der Waals surface area contributed by atoms with Crippen molar-refractivity contribution in [2.45, 2.75) is 19.2 Å². The summed E-state index contributed by atoms with van der Waals surface area (Å²) in [7, 11) is 0. The second kappa shape index (κ2) is 5.85. The average molecular weight is 329 g/mol. The van der Waals surface area contributed by atoms with Crippen LogP contribution in [0.25, 0.3) is 0 Å². The van der Waals surface area contributed by atoms with Crippen LogP contribution in [0.1, 0.15) is 23.1 Å². The van der Waals surface area contributed by atoms with Gasteiger partial charge >= 0.3 is 6.18 Å². The molecular formula is C14H14F3N3OS. The number of nitrogens with zero attached hydrogens (tertiary/aromatic N) is 3. The number of aromatic nitrogens is 2. The van der Waals surface area contributed by atoms with Gasteiger partial charge in [-0.15, -0.1) is 0 Å². The Balaban J connectivity index is 1.74. The zero-order valence-electron chi connectivity index (χ0n) is 11.8. The molecule has 1 aromatic heterocycles. The monoisotopic (exact) mass is 329 g/mol. The van der Waals surface area contributed by atoms with Crippen LogP contribution in [0.2, 0.25) is 0 Å². The molecule has 1 saturated heterocycles. The maximum Gasteiger partial charge on any atom is 0.416 e. The van der Waals surface area contributed by atoms with E-state index in [9.17, 15) is 13.2 Å². The molecule has 1 aromatic carbocycles. The van der Waals surface area contributed by atoms with Crippen LogP contribution in [0.4, 0.5) is 18.3 Å². The zero-order chi connectivity index (χ0) is 15.7. The van der Waals surface area contributed by atoms with Crippen molar-refractivity contribution in [2.75, 3.05) is 24.6 Å². The van der Waals surface area contributed by atoms with E-state index in [0.717, 1.165) is 28.7 Å². The molecule has 1 aliphatic rings. The van der Waals surface area contributed by atoms with E-state index in [0.29, 0.717) is 19.7 Å². The number of anilines is 1. The maximum atomic E-state index is 12.6. The SMILES string of the molecule is Cc1nsc(N2CCOC(c3ccc(C(F)(F)F)cc3)C2)n1. The first-order chi connectivity index (χ1) is 10.4. The summed E-state index contributed by atoms with van der Waals surface area (Å²) < 4.78 is 47.6. The smallest absolute Gasteiger partial charge is 0.370 e. The molecule has 0 bridgehead atoms. The minimum Gasteiger partial charge on any atom is -0.370 e. The van der Waals surface area contributed by atoms with Gasteiger partial charge < -0.3 is 9.64 Å². The lowest BCUT2D eigenvalue weighted by molar-refractivity contribution is -0.137. The van der Waals surface area contributed by atoms with Gasteiger partial charge in [0.25, 0.3) is 0 Å². The fourth-order valence-corrected chi connectivity index (χ4v) is 3.03. The van der Waals surface area contributed by atoms with Crippen LogP contribution in [0, 0.1) is 6.92 Å². The van der Waals surface area contributed by atoms with Crippen molar-refractivity contribution in [2.24, 2.45) is 0 Å². The van der Waals surface area contributed by atoms with Crippen LogP contribution in [-0.4, -0.2) is 29.1 Å². The van der Waals surface area contributed by atoms with Gasteiger partial charge in [-0.05, 0) is 24.6 Å². The quantitative estimate of drug-likeness (QED) is 0.846. The van der Waals surface area contributed by atoms with Gasteiger partial charge in [0, 0.05) is 18.1 Å². The summed E-state index contributed by atoms with van der Waals surface area (Å²) >= 11 is 1.32. The first kappa shape index (κ1) is 15.2. The Bertz CT molecular complexity index is 642. The molecule has 2 aromatic rings. The summed E-state index contributed by atoms with van der Waals surface area (Å²) in [6.07, 6.45) is -4.58. The van der Waals surface area contributed by atoms with Gasteiger partial charge in [-0.3, -0.25) is 0 Å². The molecule has 1 fully saturated rings. The molecule has 22 heavy (non-hydrogen) atoms. The van der Waals surface area contributed by atoms with Crippen LogP contribution >= 0.6 is 11.5 Å². The molecular weight excluding hydrogens is 315 g/mol. The molecule has 1 unspecified atom stereocenters. The molecule has 0 aliphatic carbocycles. The van der Waals surface area contributed by atoms with E-state index in [1.165, 1.54) is 23.7 Å². The largest absolute Gasteiger partial charge is 0.416 e. The summed E-state index contributed by atoms with van der Waals surface area (Å²) in [6.45, 7) is 3.59. The Morgan fingerprint density at radius 3 is 2.59 bits per heavy atom. The van der Waals surface area contributed by atoms with Gasteiger partial charge in [0.05, 0.1) is 18.7 Å². The van der Waals surface area contributed by atoms with Crippen molar-refractivity contribution < 1.29 is 17.9 Å². The van der Waals surface area contributed by atoms with E-state index >= 15 is 0 Å². The molecule has 118 valence electrons. The second-order valence-corrected chi connectivity index (χ2v) is 5.78. The topological polar surface area (TPSA) is 38.2 Å². The molecule has 0 radical (unpaired) electrons. The van der Waals surface area contributed by atoms with Gasteiger partial charge in [0.1, 0.15) is 11.9 Å². The van der Waals surface area contributed by atoms with Crippen LogP contribution in [0.5, 0.6) is 0 Å². The Hall–Kier alpha value is -1.67. The standard InChI is InChI=1S/C14H14F3N3OS/c1-9-18-13(22-19-9)20-6-7-21-12(8-20)10-2-4-11(5-3-10)14(15,16)17/h2-5,12H,6-8H2,1H3. The molecule has 2 heterocycles. The number of benzene rings is 1. The third kappa shape index (κ3) is 3.22. The highest BCUT2D eigenvalue weighted by Crippen LogP contribution is 2.32. The summed E-state index contributed by atoms with van der Waals surface area (Å²) in [5.74, 6) is 0.720. The highest BCUT2D eigenvalue weighted by Gasteiger charge is 2.31. The molecule has 3 rings (SSSR count). The van der Waals surface area contributed by atoms with E-state index in [2.05, 4.69) is 14.3 Å². The lowest BCUT2D eigenvalue weighted by Crippen LogP contribution is -2.38. The number of morpholine rings is 1. The van der Waals surface area contributed by atoms with Gasteiger partial charge in [-0.2, -0.15) is 17.5 Å². The first-order valence-electron chi connectivity index (χ1n) is 6.77. The van der Waals surface area contributed by atoms with Crippen molar-refractivity contribution in [1.82, 2.24) is 9.36 Å². The van der Waals surface area contributed by atoms with E-state index in [1.54, 1.807) is 0 Å². The van der Waals surface area contributed by atoms with Gasteiger partial charge in [-0.25, -0.2) is 4.98 Å². The minimum absolute atomic E-state index is 0.264. The second-order valence-electron chi connectivity index (χ2n) is 5.05. The summed E-state index contributed by atoms with van der Waals surface area (Å²) in [5.41, 5.74) is 0.0857. The minimum atomic E-state index is -4.32. The number of halogens is 3. The first-order valence-corrected chi connectivity index (χ1v) is 7.55. The van der Waals surface area contributed by atoms with Crippen molar-refractivity contribution in [3.8, 4) is 0 Å². The van der Waals surface area contributed by atoms with Crippen LogP contribution in [0.3, 0.4) is 0 Å². The number of aryl methyl sites for hydroxylation is 1. The Labute approximate surface area is 129 Å². The average Bonchev–Trinajstić information content (AvgIpc) is 2.93. The third-order valence-electron chi connectivity index (χ3n) is 3.46. The Morgan fingerprint density at radius 2 is 2.00 bits per heavy atom. The Morgan fingerprint density at radius 1 is 1.27 bits per heavy atom. The van der Waals surface area contributed by atoms with Crippen molar-refractivity contribution in [3.63, 3.8) is 0 Å². The molecule has 0 saturated carbocycles. The van der Waals surface area contributed by atoms with Gasteiger partial charge in [0.2, 0.25) is 5.13 Å². The van der Waals surface area contributed by atoms with Crippen LogP contribution in [0.15, 0.2) is 24.3 Å². The number of hydrogen-bond acceptors (Lipinski definition) is 5. The van der Waals surface area contributed by atoms with E-state index in [1.807, 2.05) is 6.92 Å². The number of alkyl halides is 3. The highest BCUT2D eigenvalue weighted by molar-refractivity contribution is 7.09. The van der Waals surface area contributed by atoms with Gasteiger partial charge in [-0.1, -0.05) is 12.1 Å². The van der Waals surface area contributed by atoms with E-state index in [-0.39, 0.29) is 6.10 Å². The Kier molecular flexibility index (Phi) is 4.05. The fraction of sp³-hybridized carbons (Fsp3) is 0.429.